The molecule has 1 fully saturated rings. The molecule has 1 aliphatic rings. The molecule has 0 saturated heterocycles. The summed E-state index contributed by atoms with van der Waals surface area (Å²) in [5.41, 5.74) is 1.12. The smallest absolute Gasteiger partial charge is 0.0631 e. The van der Waals surface area contributed by atoms with Crippen LogP contribution in [0.1, 0.15) is 70.5 Å². The van der Waals surface area contributed by atoms with Gasteiger partial charge in [0.05, 0.1) is 11.7 Å². The van der Waals surface area contributed by atoms with Crippen LogP contribution in [-0.2, 0) is 6.42 Å². The van der Waals surface area contributed by atoms with Crippen LogP contribution in [0.5, 0.6) is 0 Å². The van der Waals surface area contributed by atoms with Crippen LogP contribution in [0.2, 0.25) is 0 Å². The molecule has 0 amide bonds. The normalized spacial score (nSPS) is 20.4. The predicted molar refractivity (Wildman–Crippen MR) is 78.2 cm³/mol. The molecule has 1 heterocycles. The maximum atomic E-state index is 9.60. The average molecular weight is 264 g/mol. The SMILES string of the molecule is CCCC(C)(CO)Cc1ccn(C2CCCCC2)n1. The van der Waals surface area contributed by atoms with E-state index in [0.717, 1.165) is 25.0 Å². The van der Waals surface area contributed by atoms with Gasteiger partial charge in [-0.15, -0.1) is 0 Å². The number of aliphatic hydroxyl groups excluding tert-OH is 1. The van der Waals surface area contributed by atoms with E-state index < -0.39 is 0 Å². The summed E-state index contributed by atoms with van der Waals surface area (Å²) in [7, 11) is 0. The number of hydrogen-bond donors (Lipinski definition) is 1. The highest BCUT2D eigenvalue weighted by Crippen LogP contribution is 2.30. The summed E-state index contributed by atoms with van der Waals surface area (Å²) in [6, 6.07) is 2.74. The third-order valence-corrected chi connectivity index (χ3v) is 4.46. The van der Waals surface area contributed by atoms with Crippen molar-refractivity contribution in [3.8, 4) is 0 Å². The van der Waals surface area contributed by atoms with Crippen LogP contribution in [0, 0.1) is 5.41 Å². The number of rotatable bonds is 6. The zero-order chi connectivity index (χ0) is 13.7. The average Bonchev–Trinajstić information content (AvgIpc) is 2.88. The Hall–Kier alpha value is -0.830. The van der Waals surface area contributed by atoms with Crippen molar-refractivity contribution in [1.29, 1.82) is 0 Å². The van der Waals surface area contributed by atoms with Crippen molar-refractivity contribution in [1.82, 2.24) is 9.78 Å². The predicted octanol–water partition coefficient (Wildman–Crippen LogP) is 3.73. The highest BCUT2D eigenvalue weighted by molar-refractivity contribution is 5.03. The van der Waals surface area contributed by atoms with Gasteiger partial charge >= 0.3 is 0 Å². The molecule has 1 aromatic heterocycles. The largest absolute Gasteiger partial charge is 0.396 e. The summed E-state index contributed by atoms with van der Waals surface area (Å²) in [4.78, 5) is 0. The van der Waals surface area contributed by atoms with E-state index in [-0.39, 0.29) is 12.0 Å². The number of nitrogens with zero attached hydrogens (tertiary/aromatic N) is 2. The standard InChI is InChI=1S/C16H28N2O/c1-3-10-16(2,13-19)12-14-9-11-18(17-14)15-7-5-4-6-8-15/h9,11,15,19H,3-8,10,12-13H2,1-2H3. The van der Waals surface area contributed by atoms with Gasteiger partial charge in [0, 0.05) is 12.8 Å². The maximum absolute atomic E-state index is 9.60. The first-order valence-electron chi connectivity index (χ1n) is 7.82. The molecule has 3 nitrogen and oxygen atoms in total. The second kappa shape index (κ2) is 6.56. The summed E-state index contributed by atoms with van der Waals surface area (Å²) in [6.45, 7) is 4.59. The fourth-order valence-corrected chi connectivity index (χ4v) is 3.28. The zero-order valence-electron chi connectivity index (χ0n) is 12.4. The van der Waals surface area contributed by atoms with E-state index in [1.54, 1.807) is 0 Å². The molecule has 108 valence electrons. The van der Waals surface area contributed by atoms with Crippen LogP contribution in [-0.4, -0.2) is 21.5 Å². The molecular formula is C16H28N2O. The monoisotopic (exact) mass is 264 g/mol. The van der Waals surface area contributed by atoms with Crippen molar-refractivity contribution >= 4 is 0 Å². The molecule has 1 aromatic rings. The van der Waals surface area contributed by atoms with Gasteiger partial charge in [0.25, 0.3) is 0 Å². The molecule has 0 aromatic carbocycles. The zero-order valence-corrected chi connectivity index (χ0v) is 12.4. The molecule has 2 rings (SSSR count). The van der Waals surface area contributed by atoms with Crippen molar-refractivity contribution in [3.05, 3.63) is 18.0 Å². The fourth-order valence-electron chi connectivity index (χ4n) is 3.28. The number of aromatic nitrogens is 2. The van der Waals surface area contributed by atoms with Crippen LogP contribution in [0.25, 0.3) is 0 Å². The van der Waals surface area contributed by atoms with Gasteiger partial charge in [-0.3, -0.25) is 4.68 Å². The van der Waals surface area contributed by atoms with Crippen molar-refractivity contribution in [3.63, 3.8) is 0 Å². The minimum atomic E-state index is -0.0134. The summed E-state index contributed by atoms with van der Waals surface area (Å²) in [5.74, 6) is 0. The summed E-state index contributed by atoms with van der Waals surface area (Å²) in [6.07, 6.45) is 11.8. The van der Waals surface area contributed by atoms with Crippen LogP contribution in [0.4, 0.5) is 0 Å². The van der Waals surface area contributed by atoms with Crippen LogP contribution < -0.4 is 0 Å². The Morgan fingerprint density at radius 2 is 2.11 bits per heavy atom. The van der Waals surface area contributed by atoms with Gasteiger partial charge in [-0.2, -0.15) is 5.10 Å². The molecule has 19 heavy (non-hydrogen) atoms. The summed E-state index contributed by atoms with van der Waals surface area (Å²) >= 11 is 0. The molecule has 3 heteroatoms. The fraction of sp³-hybridized carbons (Fsp3) is 0.812. The molecule has 1 atom stereocenters. The molecular weight excluding hydrogens is 236 g/mol. The van der Waals surface area contributed by atoms with E-state index in [2.05, 4.69) is 30.8 Å². The Labute approximate surface area is 117 Å². The number of aliphatic hydroxyl groups is 1. The van der Waals surface area contributed by atoms with Crippen LogP contribution in [0.3, 0.4) is 0 Å². The van der Waals surface area contributed by atoms with Crippen molar-refractivity contribution < 1.29 is 5.11 Å². The molecule has 1 saturated carbocycles. The van der Waals surface area contributed by atoms with Crippen LogP contribution in [0.15, 0.2) is 12.3 Å². The summed E-state index contributed by atoms with van der Waals surface area (Å²) < 4.78 is 2.16. The lowest BCUT2D eigenvalue weighted by Gasteiger charge is -2.26. The Bertz CT molecular complexity index is 382. The second-order valence-corrected chi connectivity index (χ2v) is 6.47. The lowest BCUT2D eigenvalue weighted by atomic mass is 9.82. The molecule has 1 N–H and O–H groups in total. The van der Waals surface area contributed by atoms with Crippen molar-refractivity contribution in [2.24, 2.45) is 5.41 Å². The Morgan fingerprint density at radius 3 is 2.74 bits per heavy atom. The molecule has 0 spiro atoms. The first kappa shape index (κ1) is 14.6. The first-order valence-corrected chi connectivity index (χ1v) is 7.82. The van der Waals surface area contributed by atoms with Crippen LogP contribution >= 0.6 is 0 Å². The van der Waals surface area contributed by atoms with Gasteiger partial charge in [-0.05, 0) is 37.2 Å². The van der Waals surface area contributed by atoms with E-state index in [9.17, 15) is 5.11 Å². The van der Waals surface area contributed by atoms with Gasteiger partial charge in [-0.1, -0.05) is 39.5 Å². The van der Waals surface area contributed by atoms with Gasteiger partial charge < -0.3 is 5.11 Å². The lowest BCUT2D eigenvalue weighted by Crippen LogP contribution is -2.24. The van der Waals surface area contributed by atoms with Gasteiger partial charge in [-0.25, -0.2) is 0 Å². The molecule has 1 aliphatic carbocycles. The maximum Gasteiger partial charge on any atom is 0.0631 e. The van der Waals surface area contributed by atoms with Crippen molar-refractivity contribution in [2.45, 2.75) is 71.3 Å². The van der Waals surface area contributed by atoms with E-state index in [1.165, 1.54) is 32.1 Å². The van der Waals surface area contributed by atoms with Gasteiger partial charge in [0.1, 0.15) is 0 Å². The minimum Gasteiger partial charge on any atom is -0.396 e. The van der Waals surface area contributed by atoms with E-state index in [1.807, 2.05) is 0 Å². The van der Waals surface area contributed by atoms with Crippen molar-refractivity contribution in [2.75, 3.05) is 6.61 Å². The van der Waals surface area contributed by atoms with E-state index in [4.69, 9.17) is 5.10 Å². The molecule has 0 radical (unpaired) electrons. The Morgan fingerprint density at radius 1 is 1.37 bits per heavy atom. The Kier molecular flexibility index (Phi) is 5.03. The molecule has 0 bridgehead atoms. The highest BCUT2D eigenvalue weighted by atomic mass is 16.3. The Balaban J connectivity index is 1.99. The third-order valence-electron chi connectivity index (χ3n) is 4.46. The molecule has 0 aliphatic heterocycles. The highest BCUT2D eigenvalue weighted by Gasteiger charge is 2.24. The van der Waals surface area contributed by atoms with E-state index >= 15 is 0 Å². The third kappa shape index (κ3) is 3.82. The second-order valence-electron chi connectivity index (χ2n) is 6.47. The summed E-state index contributed by atoms with van der Waals surface area (Å²) in [5, 5.41) is 14.4. The lowest BCUT2D eigenvalue weighted by molar-refractivity contribution is 0.130. The van der Waals surface area contributed by atoms with Gasteiger partial charge in [0.2, 0.25) is 0 Å². The molecule has 1 unspecified atom stereocenters. The number of hydrogen-bond acceptors (Lipinski definition) is 2. The topological polar surface area (TPSA) is 38.0 Å². The van der Waals surface area contributed by atoms with Gasteiger partial charge in [0.15, 0.2) is 0 Å². The quantitative estimate of drug-likeness (QED) is 0.850. The van der Waals surface area contributed by atoms with E-state index in [0.29, 0.717) is 6.04 Å². The minimum absolute atomic E-state index is 0.0134. The first-order chi connectivity index (χ1) is 9.17.